The van der Waals surface area contributed by atoms with Crippen molar-refractivity contribution in [2.24, 2.45) is 0 Å². The molecule has 0 bridgehead atoms. The minimum Gasteiger partial charge on any atom is -0.384 e. The van der Waals surface area contributed by atoms with Crippen molar-refractivity contribution in [2.45, 2.75) is 6.42 Å². The number of aromatic nitrogens is 3. The van der Waals surface area contributed by atoms with E-state index >= 15 is 0 Å². The van der Waals surface area contributed by atoms with E-state index in [1.165, 1.54) is 6.07 Å². The number of fused-ring (bicyclic) bond motifs is 1. The van der Waals surface area contributed by atoms with Gasteiger partial charge < -0.3 is 10.6 Å². The number of hydrogen-bond acceptors (Lipinski definition) is 5. The van der Waals surface area contributed by atoms with Crippen LogP contribution >= 0.6 is 34.8 Å². The molecule has 0 saturated carbocycles. The molecule has 2 N–H and O–H groups in total. The van der Waals surface area contributed by atoms with Gasteiger partial charge >= 0.3 is 0 Å². The van der Waals surface area contributed by atoms with Gasteiger partial charge in [0.2, 0.25) is 5.95 Å². The summed E-state index contributed by atoms with van der Waals surface area (Å²) in [7, 11) is 0. The quantitative estimate of drug-likeness (QED) is 0.469. The van der Waals surface area contributed by atoms with E-state index in [0.29, 0.717) is 27.8 Å². The molecular weight excluding hydrogens is 369 g/mol. The van der Waals surface area contributed by atoms with Crippen LogP contribution in [0.5, 0.6) is 0 Å². The number of halogens is 3. The number of pyridine rings is 1. The van der Waals surface area contributed by atoms with Gasteiger partial charge in [-0.05, 0) is 30.7 Å². The first kappa shape index (κ1) is 17.0. The molecule has 0 aliphatic heterocycles. The molecular formula is C16H14Cl3N5. The lowest BCUT2D eigenvalue weighted by molar-refractivity contribution is 0.896. The number of nitrogens with one attached hydrogen (secondary N) is 2. The van der Waals surface area contributed by atoms with Crippen molar-refractivity contribution < 1.29 is 0 Å². The van der Waals surface area contributed by atoms with Gasteiger partial charge in [-0.15, -0.1) is 0 Å². The lowest BCUT2D eigenvalue weighted by atomic mass is 10.2. The van der Waals surface area contributed by atoms with Crippen LogP contribution in [0, 0.1) is 0 Å². The first-order chi connectivity index (χ1) is 11.6. The zero-order valence-electron chi connectivity index (χ0n) is 12.6. The number of rotatable bonds is 6. The summed E-state index contributed by atoms with van der Waals surface area (Å²) in [6.45, 7) is 1.47. The lowest BCUT2D eigenvalue weighted by Gasteiger charge is -2.10. The molecule has 0 saturated heterocycles. The molecule has 3 rings (SSSR count). The Morgan fingerprint density at radius 1 is 0.875 bits per heavy atom. The summed E-state index contributed by atoms with van der Waals surface area (Å²) in [6.07, 6.45) is 2.63. The molecule has 0 fully saturated rings. The largest absolute Gasteiger partial charge is 0.384 e. The van der Waals surface area contributed by atoms with E-state index in [-0.39, 0.29) is 0 Å². The highest BCUT2D eigenvalue weighted by Gasteiger charge is 2.03. The van der Waals surface area contributed by atoms with Crippen molar-refractivity contribution in [3.8, 4) is 0 Å². The van der Waals surface area contributed by atoms with Gasteiger partial charge in [-0.1, -0.05) is 34.8 Å². The smallest absolute Gasteiger partial charge is 0.225 e. The molecule has 2 aromatic heterocycles. The van der Waals surface area contributed by atoms with E-state index in [1.807, 2.05) is 24.3 Å². The summed E-state index contributed by atoms with van der Waals surface area (Å²) in [5, 5.41) is 8.85. The van der Waals surface area contributed by atoms with Crippen LogP contribution in [-0.4, -0.2) is 28.0 Å². The van der Waals surface area contributed by atoms with Gasteiger partial charge in [-0.2, -0.15) is 0 Å². The maximum absolute atomic E-state index is 6.00. The van der Waals surface area contributed by atoms with Gasteiger partial charge in [-0.25, -0.2) is 9.97 Å². The first-order valence-electron chi connectivity index (χ1n) is 7.34. The Morgan fingerprint density at radius 2 is 1.62 bits per heavy atom. The Bertz CT molecular complexity index is 836. The second-order valence-electron chi connectivity index (χ2n) is 5.06. The van der Waals surface area contributed by atoms with Crippen LogP contribution in [-0.2, 0) is 0 Å². The molecule has 0 aliphatic rings. The van der Waals surface area contributed by atoms with Crippen molar-refractivity contribution in [1.29, 1.82) is 0 Å². The summed E-state index contributed by atoms with van der Waals surface area (Å²) in [5.74, 6) is 0.427. The third-order valence-corrected chi connectivity index (χ3v) is 3.94. The van der Waals surface area contributed by atoms with Crippen molar-refractivity contribution >= 4 is 57.3 Å². The molecule has 2 heterocycles. The van der Waals surface area contributed by atoms with Gasteiger partial charge in [0.25, 0.3) is 0 Å². The monoisotopic (exact) mass is 381 g/mol. The van der Waals surface area contributed by atoms with Crippen LogP contribution in [0.3, 0.4) is 0 Å². The summed E-state index contributed by atoms with van der Waals surface area (Å²) < 4.78 is 0. The minimum absolute atomic E-state index is 0.317. The maximum Gasteiger partial charge on any atom is 0.225 e. The fourth-order valence-electron chi connectivity index (χ4n) is 2.26. The second-order valence-corrected chi connectivity index (χ2v) is 6.28. The molecule has 0 unspecified atom stereocenters. The van der Waals surface area contributed by atoms with Gasteiger partial charge in [0.05, 0.1) is 5.52 Å². The Labute approximate surface area is 154 Å². The number of nitrogens with zero attached hydrogens (tertiary/aromatic N) is 3. The molecule has 0 atom stereocenters. The SMILES string of the molecule is Clc1ccc2c(NCCCNc3nc(Cl)cc(Cl)n3)ccnc2c1. The van der Waals surface area contributed by atoms with Gasteiger partial charge in [0.15, 0.2) is 0 Å². The summed E-state index contributed by atoms with van der Waals surface area (Å²) in [4.78, 5) is 12.4. The molecule has 8 heteroatoms. The molecule has 124 valence electrons. The molecule has 24 heavy (non-hydrogen) atoms. The van der Waals surface area contributed by atoms with Gasteiger partial charge in [0, 0.05) is 41.4 Å². The van der Waals surface area contributed by atoms with Gasteiger partial charge in [-0.3, -0.25) is 4.98 Å². The Balaban J connectivity index is 1.53. The highest BCUT2D eigenvalue weighted by Crippen LogP contribution is 2.24. The number of benzene rings is 1. The molecule has 0 spiro atoms. The Morgan fingerprint density at radius 3 is 2.42 bits per heavy atom. The fourth-order valence-corrected chi connectivity index (χ4v) is 2.85. The van der Waals surface area contributed by atoms with Crippen molar-refractivity contribution in [2.75, 3.05) is 23.7 Å². The van der Waals surface area contributed by atoms with E-state index in [1.54, 1.807) is 6.20 Å². The van der Waals surface area contributed by atoms with E-state index in [0.717, 1.165) is 29.6 Å². The molecule has 5 nitrogen and oxygen atoms in total. The van der Waals surface area contributed by atoms with Gasteiger partial charge in [0.1, 0.15) is 10.3 Å². The molecule has 1 aromatic carbocycles. The van der Waals surface area contributed by atoms with Crippen LogP contribution in [0.2, 0.25) is 15.3 Å². The van der Waals surface area contributed by atoms with E-state index in [4.69, 9.17) is 34.8 Å². The summed E-state index contributed by atoms with van der Waals surface area (Å²) in [5.41, 5.74) is 1.89. The average Bonchev–Trinajstić information content (AvgIpc) is 2.53. The first-order valence-corrected chi connectivity index (χ1v) is 8.47. The van der Waals surface area contributed by atoms with E-state index in [9.17, 15) is 0 Å². The number of anilines is 2. The third kappa shape index (κ3) is 4.38. The average molecular weight is 383 g/mol. The molecule has 0 radical (unpaired) electrons. The predicted octanol–water partition coefficient (Wildman–Crippen LogP) is 4.90. The Kier molecular flexibility index (Phi) is 5.56. The maximum atomic E-state index is 6.00. The molecule has 0 amide bonds. The zero-order valence-corrected chi connectivity index (χ0v) is 14.8. The van der Waals surface area contributed by atoms with Crippen LogP contribution in [0.25, 0.3) is 10.9 Å². The van der Waals surface area contributed by atoms with Crippen molar-refractivity contribution in [3.05, 3.63) is 51.9 Å². The Hall–Kier alpha value is -1.82. The standard InChI is InChI=1S/C16H14Cl3N5/c17-10-2-3-11-12(4-7-21-13(11)8-10)20-5-1-6-22-16-23-14(18)9-15(19)24-16/h2-4,7-9H,1,5-6H2,(H,20,21)(H,22,23,24). The van der Waals surface area contributed by atoms with Crippen LogP contribution in [0.4, 0.5) is 11.6 Å². The van der Waals surface area contributed by atoms with E-state index < -0.39 is 0 Å². The minimum atomic E-state index is 0.317. The van der Waals surface area contributed by atoms with Crippen molar-refractivity contribution in [1.82, 2.24) is 15.0 Å². The highest BCUT2D eigenvalue weighted by atomic mass is 35.5. The predicted molar refractivity (Wildman–Crippen MR) is 100 cm³/mol. The fraction of sp³-hybridized carbons (Fsp3) is 0.188. The van der Waals surface area contributed by atoms with E-state index in [2.05, 4.69) is 25.6 Å². The van der Waals surface area contributed by atoms with Crippen molar-refractivity contribution in [3.63, 3.8) is 0 Å². The number of hydrogen-bond donors (Lipinski definition) is 2. The second kappa shape index (κ2) is 7.83. The van der Waals surface area contributed by atoms with Crippen LogP contribution in [0.15, 0.2) is 36.5 Å². The molecule has 0 aliphatic carbocycles. The lowest BCUT2D eigenvalue weighted by Crippen LogP contribution is -2.11. The van der Waals surface area contributed by atoms with Crippen LogP contribution in [0.1, 0.15) is 6.42 Å². The highest BCUT2D eigenvalue weighted by molar-refractivity contribution is 6.33. The normalized spacial score (nSPS) is 10.8. The summed E-state index contributed by atoms with van der Waals surface area (Å²) >= 11 is 17.7. The zero-order chi connectivity index (χ0) is 16.9. The summed E-state index contributed by atoms with van der Waals surface area (Å²) in [6, 6.07) is 9.12. The molecule has 3 aromatic rings. The topological polar surface area (TPSA) is 62.7 Å². The third-order valence-electron chi connectivity index (χ3n) is 3.32. The van der Waals surface area contributed by atoms with Crippen LogP contribution < -0.4 is 10.6 Å².